The first-order valence-electron chi connectivity index (χ1n) is 6.45. The van der Waals surface area contributed by atoms with Crippen molar-refractivity contribution in [3.63, 3.8) is 0 Å². The molecule has 1 aromatic rings. The zero-order chi connectivity index (χ0) is 14.4. The number of ketones is 1. The van der Waals surface area contributed by atoms with Crippen LogP contribution in [0.15, 0.2) is 53.6 Å². The number of para-hydroxylation sites is 1. The van der Waals surface area contributed by atoms with E-state index in [1.165, 1.54) is 0 Å². The van der Waals surface area contributed by atoms with Crippen molar-refractivity contribution in [2.75, 3.05) is 7.11 Å². The Hall–Kier alpha value is -2.42. The molecule has 0 bridgehead atoms. The third-order valence-corrected chi connectivity index (χ3v) is 3.20. The summed E-state index contributed by atoms with van der Waals surface area (Å²) in [6.45, 7) is 0. The molecule has 3 heteroatoms. The van der Waals surface area contributed by atoms with Gasteiger partial charge in [0.1, 0.15) is 12.0 Å². The van der Waals surface area contributed by atoms with Gasteiger partial charge in [0.15, 0.2) is 5.78 Å². The van der Waals surface area contributed by atoms with Gasteiger partial charge in [-0.15, -0.1) is 0 Å². The van der Waals surface area contributed by atoms with Crippen LogP contribution >= 0.6 is 0 Å². The zero-order valence-electron chi connectivity index (χ0n) is 11.3. The van der Waals surface area contributed by atoms with Crippen molar-refractivity contribution in [1.29, 1.82) is 0 Å². The fourth-order valence-electron chi connectivity index (χ4n) is 2.03. The number of ether oxygens (including phenoxy) is 1. The first kappa shape index (κ1) is 14.0. The lowest BCUT2D eigenvalue weighted by molar-refractivity contribution is -0.111. The van der Waals surface area contributed by atoms with E-state index in [0.717, 1.165) is 28.7 Å². The molecule has 0 radical (unpaired) electrons. The molecule has 0 aromatic heterocycles. The molecule has 20 heavy (non-hydrogen) atoms. The molecule has 0 fully saturated rings. The fourth-order valence-corrected chi connectivity index (χ4v) is 2.03. The van der Waals surface area contributed by atoms with E-state index >= 15 is 0 Å². The van der Waals surface area contributed by atoms with Gasteiger partial charge in [-0.25, -0.2) is 0 Å². The number of aldehydes is 1. The number of hydrogen-bond donors (Lipinski definition) is 0. The molecule has 0 atom stereocenters. The maximum atomic E-state index is 12.1. The fraction of sp³-hybridized carbons (Fsp3) is 0.176. The lowest BCUT2D eigenvalue weighted by Gasteiger charge is -2.08. The highest BCUT2D eigenvalue weighted by atomic mass is 16.5. The molecule has 1 aliphatic carbocycles. The molecule has 0 N–H and O–H groups in total. The molecule has 0 aliphatic heterocycles. The van der Waals surface area contributed by atoms with E-state index in [-0.39, 0.29) is 5.78 Å². The summed E-state index contributed by atoms with van der Waals surface area (Å²) >= 11 is 0. The summed E-state index contributed by atoms with van der Waals surface area (Å²) in [6, 6.07) is 7.52. The Balaban J connectivity index is 2.12. The van der Waals surface area contributed by atoms with E-state index in [0.29, 0.717) is 12.8 Å². The van der Waals surface area contributed by atoms with Gasteiger partial charge < -0.3 is 4.74 Å². The van der Waals surface area contributed by atoms with E-state index in [1.807, 2.05) is 24.3 Å². The third-order valence-electron chi connectivity index (χ3n) is 3.20. The zero-order valence-corrected chi connectivity index (χ0v) is 11.3. The van der Waals surface area contributed by atoms with Crippen LogP contribution < -0.4 is 4.74 Å². The highest BCUT2D eigenvalue weighted by molar-refractivity contribution is 6.07. The molecular formula is C17H16O3. The van der Waals surface area contributed by atoms with Gasteiger partial charge in [-0.1, -0.05) is 30.4 Å². The van der Waals surface area contributed by atoms with Crippen LogP contribution in [0, 0.1) is 0 Å². The number of methoxy groups -OCH3 is 1. The highest BCUT2D eigenvalue weighted by Crippen LogP contribution is 2.21. The van der Waals surface area contributed by atoms with Gasteiger partial charge in [-0.2, -0.15) is 0 Å². The lowest BCUT2D eigenvalue weighted by atomic mass is 9.96. The van der Waals surface area contributed by atoms with Gasteiger partial charge >= 0.3 is 0 Å². The van der Waals surface area contributed by atoms with Crippen LogP contribution in [0.2, 0.25) is 0 Å². The van der Waals surface area contributed by atoms with Crippen LogP contribution in [-0.2, 0) is 9.59 Å². The quantitative estimate of drug-likeness (QED) is 0.608. The molecule has 1 aliphatic rings. The van der Waals surface area contributed by atoms with Crippen molar-refractivity contribution >= 4 is 18.1 Å². The molecule has 2 rings (SSSR count). The summed E-state index contributed by atoms with van der Waals surface area (Å²) in [4.78, 5) is 22.7. The molecule has 3 nitrogen and oxygen atoms in total. The van der Waals surface area contributed by atoms with Crippen LogP contribution in [0.25, 0.3) is 6.08 Å². The van der Waals surface area contributed by atoms with E-state index in [4.69, 9.17) is 4.74 Å². The van der Waals surface area contributed by atoms with Gasteiger partial charge in [-0.05, 0) is 42.2 Å². The number of hydrogen-bond acceptors (Lipinski definition) is 3. The van der Waals surface area contributed by atoms with Gasteiger partial charge in [0, 0.05) is 5.56 Å². The lowest BCUT2D eigenvalue weighted by Crippen LogP contribution is -2.03. The molecule has 0 heterocycles. The second-order valence-corrected chi connectivity index (χ2v) is 4.49. The minimum absolute atomic E-state index is 0.0305. The molecule has 1 aromatic carbocycles. The van der Waals surface area contributed by atoms with E-state index in [1.54, 1.807) is 31.4 Å². The number of rotatable bonds is 5. The number of carbonyl (C=O) groups is 2. The van der Waals surface area contributed by atoms with Crippen LogP contribution in [-0.4, -0.2) is 19.2 Å². The smallest absolute Gasteiger partial charge is 0.181 e. The maximum Gasteiger partial charge on any atom is 0.181 e. The summed E-state index contributed by atoms with van der Waals surface area (Å²) in [5.41, 5.74) is 2.32. The normalized spacial score (nSPS) is 14.7. The van der Waals surface area contributed by atoms with Crippen LogP contribution in [0.5, 0.6) is 5.75 Å². The SMILES string of the molecule is COc1ccccc1/C=C/C(=O)C1=CC=C(C=O)CC1. The standard InChI is InChI=1S/C17H16O3/c1-20-17-5-3-2-4-15(17)10-11-16(19)14-8-6-13(12-18)7-9-14/h2-6,8,10-12H,7,9H2,1H3/b11-10+. The van der Waals surface area contributed by atoms with Crippen molar-refractivity contribution in [1.82, 2.24) is 0 Å². The van der Waals surface area contributed by atoms with Crippen molar-refractivity contribution < 1.29 is 14.3 Å². The molecule has 0 saturated heterocycles. The summed E-state index contributed by atoms with van der Waals surface area (Å²) in [5.74, 6) is 0.703. The van der Waals surface area contributed by atoms with E-state index in [9.17, 15) is 9.59 Å². The molecule has 0 unspecified atom stereocenters. The first-order valence-corrected chi connectivity index (χ1v) is 6.45. The summed E-state index contributed by atoms with van der Waals surface area (Å²) in [7, 11) is 1.60. The van der Waals surface area contributed by atoms with Gasteiger partial charge in [0.05, 0.1) is 7.11 Å². The van der Waals surface area contributed by atoms with Crippen molar-refractivity contribution in [2.24, 2.45) is 0 Å². The Morgan fingerprint density at radius 3 is 2.65 bits per heavy atom. The number of carbonyl (C=O) groups excluding carboxylic acids is 2. The minimum Gasteiger partial charge on any atom is -0.496 e. The minimum atomic E-state index is -0.0305. The average molecular weight is 268 g/mol. The van der Waals surface area contributed by atoms with Crippen molar-refractivity contribution in [3.8, 4) is 5.75 Å². The van der Waals surface area contributed by atoms with Crippen molar-refractivity contribution in [2.45, 2.75) is 12.8 Å². The van der Waals surface area contributed by atoms with Crippen molar-refractivity contribution in [3.05, 3.63) is 59.2 Å². The second kappa shape index (κ2) is 6.66. The van der Waals surface area contributed by atoms with Gasteiger partial charge in [0.25, 0.3) is 0 Å². The number of benzene rings is 1. The Kier molecular flexibility index (Phi) is 4.66. The van der Waals surface area contributed by atoms with Crippen LogP contribution in [0.1, 0.15) is 18.4 Å². The second-order valence-electron chi connectivity index (χ2n) is 4.49. The summed E-state index contributed by atoms with van der Waals surface area (Å²) < 4.78 is 5.23. The molecule has 102 valence electrons. The maximum absolute atomic E-state index is 12.1. The summed E-state index contributed by atoms with van der Waals surface area (Å²) in [5, 5.41) is 0. The van der Waals surface area contributed by atoms with Crippen LogP contribution in [0.4, 0.5) is 0 Å². The Bertz CT molecular complexity index is 606. The van der Waals surface area contributed by atoms with E-state index < -0.39 is 0 Å². The molecule has 0 spiro atoms. The van der Waals surface area contributed by atoms with E-state index in [2.05, 4.69) is 0 Å². The predicted molar refractivity (Wildman–Crippen MR) is 78.5 cm³/mol. The Morgan fingerprint density at radius 1 is 1.20 bits per heavy atom. The topological polar surface area (TPSA) is 43.4 Å². The van der Waals surface area contributed by atoms with Gasteiger partial charge in [0.2, 0.25) is 0 Å². The Morgan fingerprint density at radius 2 is 2.00 bits per heavy atom. The molecule has 0 amide bonds. The predicted octanol–water partition coefficient (Wildman–Crippen LogP) is 3.12. The van der Waals surface area contributed by atoms with Gasteiger partial charge in [-0.3, -0.25) is 9.59 Å². The first-order chi connectivity index (χ1) is 9.74. The number of allylic oxidation sites excluding steroid dienone is 5. The largest absolute Gasteiger partial charge is 0.496 e. The molecular weight excluding hydrogens is 252 g/mol. The van der Waals surface area contributed by atoms with Crippen LogP contribution in [0.3, 0.4) is 0 Å². The third kappa shape index (κ3) is 3.32. The average Bonchev–Trinajstić information content (AvgIpc) is 2.53. The highest BCUT2D eigenvalue weighted by Gasteiger charge is 2.11. The monoisotopic (exact) mass is 268 g/mol. The summed E-state index contributed by atoms with van der Waals surface area (Å²) in [6.07, 6.45) is 8.80. The Labute approximate surface area is 118 Å². The molecule has 0 saturated carbocycles.